The van der Waals surface area contributed by atoms with Crippen LogP contribution in [0.4, 0.5) is 0 Å². The van der Waals surface area contributed by atoms with Crippen molar-refractivity contribution in [3.8, 4) is 6.07 Å². The van der Waals surface area contributed by atoms with Crippen molar-refractivity contribution in [1.82, 2.24) is 14.8 Å². The maximum Gasteiger partial charge on any atom is 0.231 e. The van der Waals surface area contributed by atoms with Crippen LogP contribution in [0.25, 0.3) is 6.08 Å². The first kappa shape index (κ1) is 10.1. The third kappa shape index (κ3) is 1.98. The highest BCUT2D eigenvalue weighted by Crippen LogP contribution is 2.07. The quantitative estimate of drug-likeness (QED) is 0.776. The van der Waals surface area contributed by atoms with Crippen LogP contribution in [0.3, 0.4) is 0 Å². The van der Waals surface area contributed by atoms with Crippen molar-refractivity contribution in [2.24, 2.45) is 0 Å². The summed E-state index contributed by atoms with van der Waals surface area (Å²) in [7, 11) is 0. The molecular weight excluding hydrogens is 200 g/mol. The molecule has 0 fully saturated rings. The van der Waals surface area contributed by atoms with Crippen LogP contribution in [0, 0.1) is 11.3 Å². The summed E-state index contributed by atoms with van der Waals surface area (Å²) in [6.45, 7) is 4.25. The smallest absolute Gasteiger partial charge is 0.231 e. The van der Waals surface area contributed by atoms with Gasteiger partial charge in [-0.05, 0) is 11.1 Å². The summed E-state index contributed by atoms with van der Waals surface area (Å²) >= 11 is 0. The molecule has 1 aromatic heterocycles. The van der Waals surface area contributed by atoms with Crippen LogP contribution in [0.2, 0.25) is 0 Å². The summed E-state index contributed by atoms with van der Waals surface area (Å²) in [5, 5.41) is 12.8. The molecule has 78 valence electrons. The fourth-order valence-corrected chi connectivity index (χ4v) is 1.40. The number of benzene rings is 1. The highest BCUT2D eigenvalue weighted by molar-refractivity contribution is 5.47. The van der Waals surface area contributed by atoms with Crippen molar-refractivity contribution in [2.45, 2.75) is 6.54 Å². The Hall–Kier alpha value is -2.41. The van der Waals surface area contributed by atoms with E-state index < -0.39 is 0 Å². The number of hydrogen-bond acceptors (Lipinski definition) is 3. The molecular formula is C12H10N4. The first-order valence-electron chi connectivity index (χ1n) is 4.83. The Bertz CT molecular complexity index is 531. The molecule has 16 heavy (non-hydrogen) atoms. The van der Waals surface area contributed by atoms with Crippen LogP contribution in [0.5, 0.6) is 0 Å². The van der Waals surface area contributed by atoms with Crippen LogP contribution in [0.1, 0.15) is 17.0 Å². The fourth-order valence-electron chi connectivity index (χ4n) is 1.40. The van der Waals surface area contributed by atoms with E-state index in [1.54, 1.807) is 10.8 Å². The van der Waals surface area contributed by atoms with Crippen molar-refractivity contribution in [3.63, 3.8) is 0 Å². The van der Waals surface area contributed by atoms with E-state index in [0.29, 0.717) is 12.4 Å². The molecule has 4 nitrogen and oxygen atoms in total. The van der Waals surface area contributed by atoms with E-state index >= 15 is 0 Å². The molecule has 0 aliphatic carbocycles. The van der Waals surface area contributed by atoms with Crippen LogP contribution in [0.15, 0.2) is 37.2 Å². The van der Waals surface area contributed by atoms with E-state index in [-0.39, 0.29) is 0 Å². The zero-order chi connectivity index (χ0) is 11.4. The van der Waals surface area contributed by atoms with Gasteiger partial charge in [0.25, 0.3) is 0 Å². The van der Waals surface area contributed by atoms with Gasteiger partial charge in [-0.25, -0.2) is 9.67 Å². The second-order valence-corrected chi connectivity index (χ2v) is 3.30. The van der Waals surface area contributed by atoms with Gasteiger partial charge < -0.3 is 0 Å². The highest BCUT2D eigenvalue weighted by Gasteiger charge is 2.03. The Morgan fingerprint density at radius 3 is 2.75 bits per heavy atom. The van der Waals surface area contributed by atoms with Crippen molar-refractivity contribution in [1.29, 1.82) is 5.26 Å². The fraction of sp³-hybridized carbons (Fsp3) is 0.0833. The van der Waals surface area contributed by atoms with Crippen LogP contribution in [-0.2, 0) is 6.54 Å². The molecule has 0 saturated heterocycles. The Labute approximate surface area is 93.5 Å². The lowest BCUT2D eigenvalue weighted by Gasteiger charge is -2.02. The lowest BCUT2D eigenvalue weighted by Crippen LogP contribution is -2.04. The Morgan fingerprint density at radius 1 is 1.38 bits per heavy atom. The molecule has 0 unspecified atom stereocenters. The predicted molar refractivity (Wildman–Crippen MR) is 60.4 cm³/mol. The van der Waals surface area contributed by atoms with Gasteiger partial charge in [0, 0.05) is 0 Å². The van der Waals surface area contributed by atoms with Crippen LogP contribution >= 0.6 is 0 Å². The van der Waals surface area contributed by atoms with Gasteiger partial charge in [-0.15, -0.1) is 0 Å². The third-order valence-electron chi connectivity index (χ3n) is 2.26. The molecule has 4 heteroatoms. The summed E-state index contributed by atoms with van der Waals surface area (Å²) in [5.41, 5.74) is 2.15. The third-order valence-corrected chi connectivity index (χ3v) is 2.26. The number of nitrogens with zero attached hydrogens (tertiary/aromatic N) is 4. The molecule has 0 atom stereocenters. The van der Waals surface area contributed by atoms with Gasteiger partial charge in [0.05, 0.1) is 6.54 Å². The minimum absolute atomic E-state index is 0.327. The maximum absolute atomic E-state index is 8.78. The van der Waals surface area contributed by atoms with E-state index in [1.165, 1.54) is 6.33 Å². The maximum atomic E-state index is 8.78. The van der Waals surface area contributed by atoms with Crippen molar-refractivity contribution in [3.05, 3.63) is 54.1 Å². The van der Waals surface area contributed by atoms with Crippen molar-refractivity contribution < 1.29 is 0 Å². The van der Waals surface area contributed by atoms with Gasteiger partial charge >= 0.3 is 0 Å². The van der Waals surface area contributed by atoms with Crippen molar-refractivity contribution >= 4 is 6.08 Å². The molecule has 0 spiro atoms. The zero-order valence-corrected chi connectivity index (χ0v) is 8.67. The summed E-state index contributed by atoms with van der Waals surface area (Å²) in [6, 6.07) is 9.92. The van der Waals surface area contributed by atoms with Crippen LogP contribution in [-0.4, -0.2) is 14.8 Å². The van der Waals surface area contributed by atoms with E-state index in [4.69, 9.17) is 5.26 Å². The monoisotopic (exact) mass is 210 g/mol. The first-order valence-corrected chi connectivity index (χ1v) is 4.83. The minimum Gasteiger partial charge on any atom is -0.233 e. The average Bonchev–Trinajstić information content (AvgIpc) is 2.77. The van der Waals surface area contributed by atoms with E-state index in [2.05, 4.69) is 16.7 Å². The van der Waals surface area contributed by atoms with E-state index in [1.807, 2.05) is 30.3 Å². The number of hydrogen-bond donors (Lipinski definition) is 0. The molecule has 0 N–H and O–H groups in total. The molecule has 0 radical (unpaired) electrons. The van der Waals surface area contributed by atoms with Gasteiger partial charge in [-0.1, -0.05) is 36.9 Å². The molecule has 0 aliphatic heterocycles. The van der Waals surface area contributed by atoms with Gasteiger partial charge in [0.15, 0.2) is 0 Å². The van der Waals surface area contributed by atoms with Gasteiger partial charge in [0.2, 0.25) is 5.82 Å². The number of rotatable bonds is 3. The lowest BCUT2D eigenvalue weighted by atomic mass is 10.1. The normalized spacial score (nSPS) is 9.69. The Kier molecular flexibility index (Phi) is 2.79. The zero-order valence-electron chi connectivity index (χ0n) is 8.67. The molecule has 0 aliphatic rings. The first-order chi connectivity index (χ1) is 7.83. The SMILES string of the molecule is C=Cc1ccc(Cn2ncnc2C#N)cc1. The second-order valence-electron chi connectivity index (χ2n) is 3.30. The molecule has 2 rings (SSSR count). The summed E-state index contributed by atoms with van der Waals surface area (Å²) < 4.78 is 1.57. The molecule has 0 bridgehead atoms. The Balaban J connectivity index is 2.21. The number of nitriles is 1. The summed E-state index contributed by atoms with van der Waals surface area (Å²) in [6.07, 6.45) is 3.18. The van der Waals surface area contributed by atoms with Gasteiger partial charge in [-0.2, -0.15) is 10.4 Å². The average molecular weight is 210 g/mol. The standard InChI is InChI=1S/C12H10N4/c1-2-10-3-5-11(6-4-10)8-16-12(7-13)14-9-15-16/h2-6,9H,1,8H2. The van der Waals surface area contributed by atoms with E-state index in [9.17, 15) is 0 Å². The molecule has 1 heterocycles. The topological polar surface area (TPSA) is 54.5 Å². The van der Waals surface area contributed by atoms with Crippen LogP contribution < -0.4 is 0 Å². The van der Waals surface area contributed by atoms with Gasteiger partial charge in [-0.3, -0.25) is 0 Å². The summed E-state index contributed by atoms with van der Waals surface area (Å²) in [5.74, 6) is 0.327. The van der Waals surface area contributed by atoms with Gasteiger partial charge in [0.1, 0.15) is 12.4 Å². The molecule has 2 aromatic rings. The lowest BCUT2D eigenvalue weighted by molar-refractivity contribution is 0.674. The predicted octanol–water partition coefficient (Wildman–Crippen LogP) is 1.84. The number of aromatic nitrogens is 3. The molecule has 1 aromatic carbocycles. The molecule has 0 saturated carbocycles. The molecule has 0 amide bonds. The van der Waals surface area contributed by atoms with Crippen molar-refractivity contribution in [2.75, 3.05) is 0 Å². The highest BCUT2D eigenvalue weighted by atomic mass is 15.3. The second kappa shape index (κ2) is 4.41. The Morgan fingerprint density at radius 2 is 2.12 bits per heavy atom. The minimum atomic E-state index is 0.327. The largest absolute Gasteiger partial charge is 0.233 e. The van der Waals surface area contributed by atoms with E-state index in [0.717, 1.165) is 11.1 Å². The summed E-state index contributed by atoms with van der Waals surface area (Å²) in [4.78, 5) is 3.84.